The summed E-state index contributed by atoms with van der Waals surface area (Å²) in [5, 5.41) is 9.79. The maximum absolute atomic E-state index is 12.6. The lowest BCUT2D eigenvalue weighted by Crippen LogP contribution is -2.07. The molecule has 0 radical (unpaired) electrons. The number of anilines is 1. The van der Waals surface area contributed by atoms with Gasteiger partial charge in [-0.1, -0.05) is 11.6 Å². The van der Waals surface area contributed by atoms with E-state index in [4.69, 9.17) is 14.3 Å². The summed E-state index contributed by atoms with van der Waals surface area (Å²) in [4.78, 5) is 0. The highest BCUT2D eigenvalue weighted by Crippen LogP contribution is 2.36. The molecule has 0 aromatic heterocycles. The van der Waals surface area contributed by atoms with E-state index in [0.717, 1.165) is 12.1 Å². The molecule has 8 heteroatoms. The Labute approximate surface area is 108 Å². The fourth-order valence-corrected chi connectivity index (χ4v) is 1.38. The van der Waals surface area contributed by atoms with Crippen LogP contribution in [-0.4, -0.2) is 18.1 Å². The van der Waals surface area contributed by atoms with Crippen molar-refractivity contribution in [2.45, 2.75) is 6.18 Å². The highest BCUT2D eigenvalue weighted by Gasteiger charge is 2.33. The normalized spacial score (nSPS) is 16.8. The molecule has 94 valence electrons. The van der Waals surface area contributed by atoms with E-state index in [1.165, 1.54) is 6.07 Å². The molecule has 0 unspecified atom stereocenters. The van der Waals surface area contributed by atoms with Crippen LogP contribution in [0.1, 0.15) is 8.30 Å². The molecule has 0 bridgehead atoms. The van der Waals surface area contributed by atoms with Crippen molar-refractivity contribution in [2.75, 3.05) is 5.43 Å². The molecule has 1 aromatic carbocycles. The topological polar surface area (TPSA) is 49.1 Å². The first-order valence-corrected chi connectivity index (χ1v) is 4.97. The zero-order valence-electron chi connectivity index (χ0n) is 10.6. The van der Waals surface area contributed by atoms with Crippen LogP contribution in [0.4, 0.5) is 18.9 Å². The third-order valence-corrected chi connectivity index (χ3v) is 2.26. The summed E-state index contributed by atoms with van der Waals surface area (Å²) in [7, 11) is 0. The SMILES string of the molecule is [2H]C1=NN=C([2H])C1=NNc1ccc(Cl)c(C(F)(F)F)c1. The van der Waals surface area contributed by atoms with E-state index >= 15 is 0 Å². The van der Waals surface area contributed by atoms with Gasteiger partial charge in [0.2, 0.25) is 0 Å². The van der Waals surface area contributed by atoms with E-state index in [0.29, 0.717) is 0 Å². The number of alkyl halides is 3. The number of halogens is 4. The van der Waals surface area contributed by atoms with Gasteiger partial charge in [0.05, 0.1) is 31.4 Å². The maximum Gasteiger partial charge on any atom is 0.417 e. The highest BCUT2D eigenvalue weighted by atomic mass is 35.5. The quantitative estimate of drug-likeness (QED) is 0.829. The standard InChI is InChI=1S/C10H6ClF3N4/c11-9-2-1-6(3-8(9)10(12,13)14)17-18-7-4-15-16-5-7/h1-5,17H/i4D,5D. The smallest absolute Gasteiger partial charge is 0.278 e. The molecule has 1 N–H and O–H groups in total. The van der Waals surface area contributed by atoms with Crippen molar-refractivity contribution in [3.05, 3.63) is 28.8 Å². The van der Waals surface area contributed by atoms with Gasteiger partial charge in [-0.25, -0.2) is 0 Å². The summed E-state index contributed by atoms with van der Waals surface area (Å²) < 4.78 is 52.6. The molecule has 1 aromatic rings. The van der Waals surface area contributed by atoms with E-state index in [1.807, 2.05) is 0 Å². The second-order valence-electron chi connectivity index (χ2n) is 3.19. The van der Waals surface area contributed by atoms with Crippen molar-refractivity contribution in [2.24, 2.45) is 15.3 Å². The molecule has 0 spiro atoms. The molecule has 18 heavy (non-hydrogen) atoms. The molecule has 0 fully saturated rings. The molecule has 0 atom stereocenters. The van der Waals surface area contributed by atoms with Crippen LogP contribution in [0.15, 0.2) is 33.5 Å². The van der Waals surface area contributed by atoms with Crippen LogP contribution in [-0.2, 0) is 6.18 Å². The van der Waals surface area contributed by atoms with Crippen molar-refractivity contribution < 1.29 is 15.9 Å². The first-order chi connectivity index (χ1) is 9.29. The molecule has 1 aliphatic heterocycles. The van der Waals surface area contributed by atoms with Gasteiger partial charge in [0.1, 0.15) is 5.71 Å². The fraction of sp³-hybridized carbons (Fsp3) is 0.100. The minimum atomic E-state index is -4.58. The van der Waals surface area contributed by atoms with Gasteiger partial charge < -0.3 is 0 Å². The lowest BCUT2D eigenvalue weighted by molar-refractivity contribution is -0.137. The first kappa shape index (κ1) is 10.1. The number of nitrogens with zero attached hydrogens (tertiary/aromatic N) is 3. The van der Waals surface area contributed by atoms with Gasteiger partial charge in [-0.15, -0.1) is 0 Å². The van der Waals surface area contributed by atoms with Crippen molar-refractivity contribution in [1.82, 2.24) is 0 Å². The molecule has 4 nitrogen and oxygen atoms in total. The molecular formula is C10H6ClF3N4. The first-order valence-electron chi connectivity index (χ1n) is 5.59. The zero-order chi connectivity index (χ0) is 14.9. The second kappa shape index (κ2) is 4.77. The van der Waals surface area contributed by atoms with Gasteiger partial charge in [-0.05, 0) is 18.2 Å². The van der Waals surface area contributed by atoms with E-state index < -0.39 is 16.8 Å². The van der Waals surface area contributed by atoms with Crippen molar-refractivity contribution in [3.63, 3.8) is 0 Å². The molecule has 1 heterocycles. The highest BCUT2D eigenvalue weighted by molar-refractivity contribution is 6.57. The Kier molecular flexibility index (Phi) is 2.67. The Bertz CT molecular complexity index is 620. The van der Waals surface area contributed by atoms with Gasteiger partial charge >= 0.3 is 6.18 Å². The Morgan fingerprint density at radius 3 is 2.56 bits per heavy atom. The lowest BCUT2D eigenvalue weighted by Gasteiger charge is -2.10. The van der Waals surface area contributed by atoms with Crippen LogP contribution in [0, 0.1) is 0 Å². The predicted octanol–water partition coefficient (Wildman–Crippen LogP) is 3.20. The Morgan fingerprint density at radius 2 is 1.94 bits per heavy atom. The predicted molar refractivity (Wildman–Crippen MR) is 64.5 cm³/mol. The van der Waals surface area contributed by atoms with E-state index in [-0.39, 0.29) is 23.8 Å². The summed E-state index contributed by atoms with van der Waals surface area (Å²) >= 11 is 5.47. The Morgan fingerprint density at radius 1 is 1.28 bits per heavy atom. The summed E-state index contributed by atoms with van der Waals surface area (Å²) in [6.45, 7) is 0. The van der Waals surface area contributed by atoms with Crippen LogP contribution in [0.5, 0.6) is 0 Å². The summed E-state index contributed by atoms with van der Waals surface area (Å²) in [5.74, 6) is 0. The number of rotatable bonds is 2. The van der Waals surface area contributed by atoms with Gasteiger partial charge in [0.15, 0.2) is 0 Å². The Hall–Kier alpha value is -1.89. The van der Waals surface area contributed by atoms with Crippen LogP contribution in [0.25, 0.3) is 0 Å². The minimum Gasteiger partial charge on any atom is -0.278 e. The van der Waals surface area contributed by atoms with Crippen LogP contribution >= 0.6 is 11.6 Å². The van der Waals surface area contributed by atoms with Crippen molar-refractivity contribution in [1.29, 1.82) is 0 Å². The fourth-order valence-electron chi connectivity index (χ4n) is 1.15. The minimum absolute atomic E-state index is 0.0155. The number of hydrogen-bond donors (Lipinski definition) is 1. The zero-order valence-corrected chi connectivity index (χ0v) is 9.34. The van der Waals surface area contributed by atoms with Crippen molar-refractivity contribution >= 4 is 35.4 Å². The molecule has 2 rings (SSSR count). The second-order valence-corrected chi connectivity index (χ2v) is 3.60. The molecule has 0 amide bonds. The third-order valence-electron chi connectivity index (χ3n) is 1.93. The van der Waals surface area contributed by atoms with Gasteiger partial charge in [0.25, 0.3) is 0 Å². The van der Waals surface area contributed by atoms with Gasteiger partial charge in [-0.2, -0.15) is 28.5 Å². The van der Waals surface area contributed by atoms with Crippen LogP contribution in [0.2, 0.25) is 5.02 Å². The maximum atomic E-state index is 12.6. The monoisotopic (exact) mass is 276 g/mol. The third kappa shape index (κ3) is 2.86. The van der Waals surface area contributed by atoms with Gasteiger partial charge in [-0.3, -0.25) is 5.43 Å². The molecule has 0 aliphatic carbocycles. The number of benzene rings is 1. The molecular weight excluding hydrogens is 269 g/mol. The Balaban J connectivity index is 2.26. The largest absolute Gasteiger partial charge is 0.417 e. The van der Waals surface area contributed by atoms with Gasteiger partial charge in [0, 0.05) is 0 Å². The number of hydrogen-bond acceptors (Lipinski definition) is 4. The van der Waals surface area contributed by atoms with E-state index in [9.17, 15) is 13.2 Å². The molecule has 0 saturated heterocycles. The average Bonchev–Trinajstić information content (AvgIpc) is 2.67. The van der Waals surface area contributed by atoms with Crippen LogP contribution < -0.4 is 5.43 Å². The molecule has 1 aliphatic rings. The summed E-state index contributed by atoms with van der Waals surface area (Å²) in [5.41, 5.74) is 1.17. The number of nitrogens with one attached hydrogen (secondary N) is 1. The van der Waals surface area contributed by atoms with Crippen molar-refractivity contribution in [3.8, 4) is 0 Å². The van der Waals surface area contributed by atoms with E-state index in [1.54, 1.807) is 0 Å². The van der Waals surface area contributed by atoms with E-state index in [2.05, 4.69) is 20.7 Å². The number of hydrazone groups is 1. The molecule has 0 saturated carbocycles. The summed E-state index contributed by atoms with van der Waals surface area (Å²) in [6.07, 6.45) is -5.26. The summed E-state index contributed by atoms with van der Waals surface area (Å²) in [6, 6.07) is 3.15. The van der Waals surface area contributed by atoms with Crippen LogP contribution in [0.3, 0.4) is 0 Å². The average molecular weight is 277 g/mol. The lowest BCUT2D eigenvalue weighted by atomic mass is 10.2.